The lowest BCUT2D eigenvalue weighted by Crippen LogP contribution is -2.35. The second-order valence-corrected chi connectivity index (χ2v) is 13.0. The van der Waals surface area contributed by atoms with Crippen molar-refractivity contribution in [1.29, 1.82) is 5.41 Å². The number of amides is 1. The molecule has 0 atom stereocenters. The largest absolute Gasteiger partial charge is 0.490 e. The summed E-state index contributed by atoms with van der Waals surface area (Å²) < 4.78 is 17.8. The molecule has 45 heavy (non-hydrogen) atoms. The van der Waals surface area contributed by atoms with E-state index in [1.54, 1.807) is 18.2 Å². The summed E-state index contributed by atoms with van der Waals surface area (Å²) >= 11 is 8.03. The number of carbonyl (C=O) groups excluding carboxylic acids is 1. The maximum atomic E-state index is 13.0. The van der Waals surface area contributed by atoms with Gasteiger partial charge in [-0.15, -0.1) is 0 Å². The molecule has 0 bridgehead atoms. The summed E-state index contributed by atoms with van der Waals surface area (Å²) in [6.45, 7) is 5.10. The molecule has 2 heterocycles. The fraction of sp³-hybridized carbons (Fsp3) is 0.486. The van der Waals surface area contributed by atoms with Gasteiger partial charge in [-0.25, -0.2) is 0 Å². The smallest absolute Gasteiger partial charge is 0.283 e. The zero-order chi connectivity index (χ0) is 31.6. The van der Waals surface area contributed by atoms with Crippen LogP contribution in [-0.4, -0.2) is 46.8 Å². The van der Waals surface area contributed by atoms with Crippen molar-refractivity contribution in [3.63, 3.8) is 0 Å². The Balaban J connectivity index is 1.20. The number of unbranched alkanes of at least 4 members (excludes halogenated alkanes) is 4. The number of nitrogens with zero attached hydrogens (tertiary/aromatic N) is 3. The number of halogens is 1. The fourth-order valence-electron chi connectivity index (χ4n) is 5.83. The average molecular weight is 651 g/mol. The zero-order valence-corrected chi connectivity index (χ0v) is 27.9. The summed E-state index contributed by atoms with van der Waals surface area (Å²) in [5.41, 5.74) is 2.13. The highest BCUT2D eigenvalue weighted by molar-refractivity contribution is 8.26. The molecule has 1 fully saturated rings. The molecule has 0 spiro atoms. The van der Waals surface area contributed by atoms with Gasteiger partial charge in [-0.2, -0.15) is 15.1 Å². The van der Waals surface area contributed by atoms with E-state index in [9.17, 15) is 4.79 Å². The lowest BCUT2D eigenvalue weighted by atomic mass is 9.84. The molecule has 0 aromatic heterocycles. The quantitative estimate of drug-likeness (QED) is 0.152. The first-order chi connectivity index (χ1) is 22.0. The molecule has 1 aliphatic carbocycles. The van der Waals surface area contributed by atoms with Gasteiger partial charge >= 0.3 is 0 Å². The fourth-order valence-corrected chi connectivity index (χ4v) is 7.03. The molecule has 2 aliphatic heterocycles. The number of fused-ring (bicyclic) bond motifs is 1. The van der Waals surface area contributed by atoms with Crippen molar-refractivity contribution < 1.29 is 19.0 Å². The van der Waals surface area contributed by atoms with Crippen molar-refractivity contribution in [2.45, 2.75) is 90.4 Å². The standard InChI is InChI=1S/C35H43ClN4O4S/c1-3-5-6-7-11-14-31-39-40-33(37)28(34(41)38-35(40)45-31)21-24-22-29(36)32(30(23-24)42-4-2)44-20-19-43-27-17-15-26(16-18-27)25-12-9-8-10-13-25/h15-18,21-23,25,37H,3-14,19-20H2,1-2H3. The summed E-state index contributed by atoms with van der Waals surface area (Å²) in [6.07, 6.45) is 14.8. The summed E-state index contributed by atoms with van der Waals surface area (Å²) in [7, 11) is 0. The lowest BCUT2D eigenvalue weighted by Gasteiger charge is -2.22. The minimum Gasteiger partial charge on any atom is -0.490 e. The second-order valence-electron chi connectivity index (χ2n) is 11.5. The number of carbonyl (C=O) groups is 1. The molecule has 8 nitrogen and oxygen atoms in total. The molecular weight excluding hydrogens is 608 g/mol. The first kappa shape index (κ1) is 33.1. The Kier molecular flexibility index (Phi) is 12.0. The normalized spacial score (nSPS) is 17.8. The molecule has 3 aliphatic rings. The van der Waals surface area contributed by atoms with Crippen molar-refractivity contribution in [2.24, 2.45) is 10.1 Å². The summed E-state index contributed by atoms with van der Waals surface area (Å²) in [5.74, 6) is 1.85. The average Bonchev–Trinajstić information content (AvgIpc) is 3.46. The van der Waals surface area contributed by atoms with Crippen LogP contribution in [0, 0.1) is 5.41 Å². The highest BCUT2D eigenvalue weighted by atomic mass is 35.5. The first-order valence-corrected chi connectivity index (χ1v) is 17.5. The van der Waals surface area contributed by atoms with Crippen LogP contribution < -0.4 is 14.2 Å². The van der Waals surface area contributed by atoms with E-state index >= 15 is 0 Å². The number of rotatable bonds is 15. The molecule has 1 saturated carbocycles. The van der Waals surface area contributed by atoms with E-state index in [-0.39, 0.29) is 18.0 Å². The Morgan fingerprint density at radius 1 is 1.00 bits per heavy atom. The molecule has 0 unspecified atom stereocenters. The molecule has 240 valence electrons. The van der Waals surface area contributed by atoms with Crippen LogP contribution >= 0.6 is 23.4 Å². The SMILES string of the molecule is CCCCCCCC1=NN2C(=N)C(=Cc3cc(Cl)c(OCCOc4ccc(C5CCCCC5)cc4)c(OCC)c3)C(=O)N=C2S1. The van der Waals surface area contributed by atoms with Crippen LogP contribution in [-0.2, 0) is 4.79 Å². The molecule has 1 N–H and O–H groups in total. The van der Waals surface area contributed by atoms with E-state index in [1.165, 1.54) is 73.7 Å². The topological polar surface area (TPSA) is 96.6 Å². The number of nitrogens with one attached hydrogen (secondary N) is 1. The highest BCUT2D eigenvalue weighted by Gasteiger charge is 2.35. The van der Waals surface area contributed by atoms with Gasteiger partial charge in [-0.05, 0) is 91.8 Å². The van der Waals surface area contributed by atoms with Gasteiger partial charge in [-0.1, -0.05) is 75.6 Å². The van der Waals surface area contributed by atoms with E-state index in [0.717, 1.165) is 30.1 Å². The van der Waals surface area contributed by atoms with Gasteiger partial charge in [0.2, 0.25) is 5.17 Å². The number of benzene rings is 2. The van der Waals surface area contributed by atoms with Crippen molar-refractivity contribution in [3.8, 4) is 17.2 Å². The second kappa shape index (κ2) is 16.3. The Morgan fingerprint density at radius 3 is 2.51 bits per heavy atom. The molecule has 2 aromatic carbocycles. The van der Waals surface area contributed by atoms with Gasteiger partial charge in [0, 0.05) is 0 Å². The number of hydrazone groups is 1. The number of aliphatic imine (C=N–C) groups is 1. The molecule has 5 rings (SSSR count). The highest BCUT2D eigenvalue weighted by Crippen LogP contribution is 2.38. The van der Waals surface area contributed by atoms with Gasteiger partial charge in [0.25, 0.3) is 5.91 Å². The van der Waals surface area contributed by atoms with Crippen LogP contribution in [0.25, 0.3) is 6.08 Å². The number of hydrogen-bond donors (Lipinski definition) is 1. The molecule has 1 amide bonds. The third-order valence-electron chi connectivity index (χ3n) is 8.19. The van der Waals surface area contributed by atoms with Crippen molar-refractivity contribution in [3.05, 3.63) is 58.1 Å². The van der Waals surface area contributed by atoms with Crippen LogP contribution in [0.5, 0.6) is 17.2 Å². The Bertz CT molecular complexity index is 1450. The minimum absolute atomic E-state index is 0.00295. The van der Waals surface area contributed by atoms with Gasteiger partial charge in [-0.3, -0.25) is 10.2 Å². The van der Waals surface area contributed by atoms with Crippen LogP contribution in [0.3, 0.4) is 0 Å². The number of hydrogen-bond acceptors (Lipinski definition) is 7. The summed E-state index contributed by atoms with van der Waals surface area (Å²) in [4.78, 5) is 17.2. The summed E-state index contributed by atoms with van der Waals surface area (Å²) in [5, 5.41) is 16.4. The predicted octanol–water partition coefficient (Wildman–Crippen LogP) is 9.22. The van der Waals surface area contributed by atoms with Gasteiger partial charge in [0.15, 0.2) is 17.3 Å². The van der Waals surface area contributed by atoms with Crippen LogP contribution in [0.2, 0.25) is 5.02 Å². The Hall–Kier alpha value is -3.30. The predicted molar refractivity (Wildman–Crippen MR) is 184 cm³/mol. The zero-order valence-electron chi connectivity index (χ0n) is 26.3. The monoisotopic (exact) mass is 650 g/mol. The van der Waals surface area contributed by atoms with Crippen molar-refractivity contribution >= 4 is 51.4 Å². The molecular formula is C35H43ClN4O4S. The third-order valence-corrected chi connectivity index (χ3v) is 9.44. The van der Waals surface area contributed by atoms with E-state index < -0.39 is 5.91 Å². The number of amidine groups is 2. The van der Waals surface area contributed by atoms with Gasteiger partial charge in [0.1, 0.15) is 24.0 Å². The van der Waals surface area contributed by atoms with E-state index in [0.29, 0.717) is 46.4 Å². The number of thioether (sulfide) groups is 1. The molecule has 0 radical (unpaired) electrons. The molecule has 10 heteroatoms. The Labute approximate surface area is 275 Å². The first-order valence-electron chi connectivity index (χ1n) is 16.3. The van der Waals surface area contributed by atoms with E-state index in [2.05, 4.69) is 29.2 Å². The van der Waals surface area contributed by atoms with Crippen molar-refractivity contribution in [1.82, 2.24) is 5.01 Å². The minimum atomic E-state index is -0.475. The lowest BCUT2D eigenvalue weighted by molar-refractivity contribution is -0.114. The van der Waals surface area contributed by atoms with Gasteiger partial charge < -0.3 is 14.2 Å². The van der Waals surface area contributed by atoms with E-state index in [4.69, 9.17) is 31.2 Å². The Morgan fingerprint density at radius 2 is 1.76 bits per heavy atom. The van der Waals surface area contributed by atoms with Crippen LogP contribution in [0.15, 0.2) is 52.1 Å². The molecule has 0 saturated heterocycles. The number of ether oxygens (including phenoxy) is 3. The van der Waals surface area contributed by atoms with Crippen LogP contribution in [0.4, 0.5) is 0 Å². The maximum absolute atomic E-state index is 13.0. The summed E-state index contributed by atoms with van der Waals surface area (Å²) in [6, 6.07) is 11.9. The van der Waals surface area contributed by atoms with E-state index in [1.807, 2.05) is 19.1 Å². The third kappa shape index (κ3) is 8.70. The van der Waals surface area contributed by atoms with Crippen LogP contribution in [0.1, 0.15) is 102 Å². The van der Waals surface area contributed by atoms with Gasteiger partial charge in [0.05, 0.1) is 17.2 Å². The maximum Gasteiger partial charge on any atom is 0.283 e. The van der Waals surface area contributed by atoms with Crippen molar-refractivity contribution in [2.75, 3.05) is 19.8 Å². The molecule has 2 aromatic rings.